The Balaban J connectivity index is 1.44. The number of carbonyl (C=O) groups is 2. The lowest BCUT2D eigenvalue weighted by Gasteiger charge is -2.32. The molecule has 0 aromatic heterocycles. The van der Waals surface area contributed by atoms with E-state index in [0.29, 0.717) is 53.4 Å². The first-order valence-electron chi connectivity index (χ1n) is 10.6. The number of rotatable bonds is 8. The summed E-state index contributed by atoms with van der Waals surface area (Å²) in [6, 6.07) is 12.1. The summed E-state index contributed by atoms with van der Waals surface area (Å²) in [6.45, 7) is 3.56. The second kappa shape index (κ2) is 11.1. The van der Waals surface area contributed by atoms with Gasteiger partial charge >= 0.3 is 0 Å². The molecular formula is C24H29ClN2O5. The zero-order valence-corrected chi connectivity index (χ0v) is 19.4. The topological polar surface area (TPSA) is 77.1 Å². The van der Waals surface area contributed by atoms with E-state index in [9.17, 15) is 9.59 Å². The van der Waals surface area contributed by atoms with Gasteiger partial charge in [-0.2, -0.15) is 0 Å². The van der Waals surface area contributed by atoms with Gasteiger partial charge in [0.2, 0.25) is 0 Å². The van der Waals surface area contributed by atoms with Crippen LogP contribution in [0.25, 0.3) is 0 Å². The van der Waals surface area contributed by atoms with E-state index in [-0.39, 0.29) is 11.8 Å². The predicted octanol–water partition coefficient (Wildman–Crippen LogP) is 3.79. The number of hydrogen-bond donors (Lipinski definition) is 1. The van der Waals surface area contributed by atoms with E-state index in [1.54, 1.807) is 63.6 Å². The standard InChI is InChI=1S/C24H29ClN2O5/c1-16(32-20-7-5-19(25)6-8-20)23(28)26-15-17-10-12-27(13-11-17)24(29)18-4-9-21(30-2)22(14-18)31-3/h4-9,14,16-17H,10-13,15H2,1-3H3,(H,26,28). The Bertz CT molecular complexity index is 926. The number of nitrogens with zero attached hydrogens (tertiary/aromatic N) is 1. The molecule has 2 aromatic carbocycles. The third-order valence-electron chi connectivity index (χ3n) is 5.59. The lowest BCUT2D eigenvalue weighted by atomic mass is 9.96. The Morgan fingerprint density at radius 2 is 1.72 bits per heavy atom. The largest absolute Gasteiger partial charge is 0.493 e. The summed E-state index contributed by atoms with van der Waals surface area (Å²) < 4.78 is 16.2. The third kappa shape index (κ3) is 6.07. The molecule has 1 saturated heterocycles. The first kappa shape index (κ1) is 23.7. The summed E-state index contributed by atoms with van der Waals surface area (Å²) in [4.78, 5) is 27.1. The molecule has 0 bridgehead atoms. The molecule has 3 rings (SSSR count). The molecular weight excluding hydrogens is 432 g/mol. The number of methoxy groups -OCH3 is 2. The van der Waals surface area contributed by atoms with Crippen molar-refractivity contribution in [2.24, 2.45) is 5.92 Å². The molecule has 2 aromatic rings. The van der Waals surface area contributed by atoms with Gasteiger partial charge in [0.25, 0.3) is 11.8 Å². The van der Waals surface area contributed by atoms with Gasteiger partial charge in [-0.3, -0.25) is 9.59 Å². The highest BCUT2D eigenvalue weighted by Crippen LogP contribution is 2.29. The smallest absolute Gasteiger partial charge is 0.260 e. The average molecular weight is 461 g/mol. The SMILES string of the molecule is COc1ccc(C(=O)N2CCC(CNC(=O)C(C)Oc3ccc(Cl)cc3)CC2)cc1OC. The Kier molecular flexibility index (Phi) is 8.22. The van der Waals surface area contributed by atoms with Crippen LogP contribution in [0, 0.1) is 5.92 Å². The Morgan fingerprint density at radius 3 is 2.34 bits per heavy atom. The van der Waals surface area contributed by atoms with Crippen LogP contribution in [0.15, 0.2) is 42.5 Å². The summed E-state index contributed by atoms with van der Waals surface area (Å²) in [5.41, 5.74) is 0.572. The van der Waals surface area contributed by atoms with Crippen LogP contribution in [0.1, 0.15) is 30.1 Å². The Labute approximate surface area is 193 Å². The van der Waals surface area contributed by atoms with Gasteiger partial charge in [0, 0.05) is 30.2 Å². The molecule has 0 saturated carbocycles. The summed E-state index contributed by atoms with van der Waals surface area (Å²) >= 11 is 5.87. The molecule has 1 atom stereocenters. The second-order valence-electron chi connectivity index (χ2n) is 7.76. The van der Waals surface area contributed by atoms with E-state index in [2.05, 4.69) is 5.32 Å². The lowest BCUT2D eigenvalue weighted by Crippen LogP contribution is -2.43. The minimum Gasteiger partial charge on any atom is -0.493 e. The van der Waals surface area contributed by atoms with Crippen LogP contribution in [0.5, 0.6) is 17.2 Å². The molecule has 0 radical (unpaired) electrons. The van der Waals surface area contributed by atoms with E-state index in [1.165, 1.54) is 0 Å². The second-order valence-corrected chi connectivity index (χ2v) is 8.20. The summed E-state index contributed by atoms with van der Waals surface area (Å²) in [5.74, 6) is 1.84. The molecule has 7 nitrogen and oxygen atoms in total. The molecule has 8 heteroatoms. The van der Waals surface area contributed by atoms with Crippen LogP contribution >= 0.6 is 11.6 Å². The summed E-state index contributed by atoms with van der Waals surface area (Å²) in [6.07, 6.45) is 1.04. The number of likely N-dealkylation sites (tertiary alicyclic amines) is 1. The van der Waals surface area contributed by atoms with Crippen molar-refractivity contribution >= 4 is 23.4 Å². The number of ether oxygens (including phenoxy) is 3. The molecule has 0 aliphatic carbocycles. The number of amides is 2. The number of halogens is 1. The van der Waals surface area contributed by atoms with Gasteiger partial charge in [-0.05, 0) is 68.1 Å². The molecule has 1 fully saturated rings. The fraction of sp³-hybridized carbons (Fsp3) is 0.417. The molecule has 1 unspecified atom stereocenters. The normalized spacial score (nSPS) is 15.1. The van der Waals surface area contributed by atoms with Gasteiger partial charge in [0.05, 0.1) is 14.2 Å². The fourth-order valence-electron chi connectivity index (χ4n) is 3.65. The summed E-state index contributed by atoms with van der Waals surface area (Å²) in [7, 11) is 3.11. The molecule has 1 heterocycles. The van der Waals surface area contributed by atoms with Gasteiger partial charge in [0.15, 0.2) is 17.6 Å². The maximum Gasteiger partial charge on any atom is 0.260 e. The first-order chi connectivity index (χ1) is 15.4. The molecule has 1 N–H and O–H groups in total. The van der Waals surface area contributed by atoms with Crippen molar-refractivity contribution < 1.29 is 23.8 Å². The van der Waals surface area contributed by atoms with E-state index in [1.807, 2.05) is 4.90 Å². The van der Waals surface area contributed by atoms with Crippen molar-refractivity contribution in [1.29, 1.82) is 0 Å². The van der Waals surface area contributed by atoms with Crippen LogP contribution in [0.3, 0.4) is 0 Å². The number of hydrogen-bond acceptors (Lipinski definition) is 5. The molecule has 1 aliphatic rings. The van der Waals surface area contributed by atoms with Crippen molar-refractivity contribution in [2.75, 3.05) is 33.9 Å². The van der Waals surface area contributed by atoms with Crippen molar-refractivity contribution in [1.82, 2.24) is 10.2 Å². The van der Waals surface area contributed by atoms with Gasteiger partial charge in [-0.25, -0.2) is 0 Å². The summed E-state index contributed by atoms with van der Waals surface area (Å²) in [5, 5.41) is 3.58. The maximum absolute atomic E-state index is 12.9. The lowest BCUT2D eigenvalue weighted by molar-refractivity contribution is -0.127. The number of carbonyl (C=O) groups excluding carboxylic acids is 2. The minimum absolute atomic E-state index is 0.0292. The Morgan fingerprint density at radius 1 is 1.06 bits per heavy atom. The van der Waals surface area contributed by atoms with Crippen LogP contribution in [0.4, 0.5) is 0 Å². The van der Waals surface area contributed by atoms with Crippen LogP contribution < -0.4 is 19.5 Å². The van der Waals surface area contributed by atoms with Crippen molar-refractivity contribution in [2.45, 2.75) is 25.9 Å². The zero-order valence-electron chi connectivity index (χ0n) is 18.6. The molecule has 2 amide bonds. The average Bonchev–Trinajstić information content (AvgIpc) is 2.83. The van der Waals surface area contributed by atoms with E-state index < -0.39 is 6.10 Å². The number of piperidine rings is 1. The van der Waals surface area contributed by atoms with Gasteiger partial charge in [-0.15, -0.1) is 0 Å². The van der Waals surface area contributed by atoms with E-state index in [0.717, 1.165) is 12.8 Å². The quantitative estimate of drug-likeness (QED) is 0.648. The van der Waals surface area contributed by atoms with Crippen LogP contribution in [-0.2, 0) is 4.79 Å². The highest BCUT2D eigenvalue weighted by Gasteiger charge is 2.25. The molecule has 1 aliphatic heterocycles. The van der Waals surface area contributed by atoms with Crippen molar-refractivity contribution in [3.63, 3.8) is 0 Å². The van der Waals surface area contributed by atoms with Gasteiger partial charge < -0.3 is 24.4 Å². The first-order valence-corrected chi connectivity index (χ1v) is 11.0. The maximum atomic E-state index is 12.9. The van der Waals surface area contributed by atoms with Crippen LogP contribution in [-0.4, -0.2) is 56.7 Å². The molecule has 32 heavy (non-hydrogen) atoms. The van der Waals surface area contributed by atoms with E-state index >= 15 is 0 Å². The predicted molar refractivity (Wildman–Crippen MR) is 123 cm³/mol. The van der Waals surface area contributed by atoms with E-state index in [4.69, 9.17) is 25.8 Å². The number of nitrogens with one attached hydrogen (secondary N) is 1. The zero-order chi connectivity index (χ0) is 23.1. The third-order valence-corrected chi connectivity index (χ3v) is 5.84. The van der Waals surface area contributed by atoms with Gasteiger partial charge in [0.1, 0.15) is 5.75 Å². The fourth-order valence-corrected chi connectivity index (χ4v) is 3.78. The molecule has 172 valence electrons. The monoisotopic (exact) mass is 460 g/mol. The highest BCUT2D eigenvalue weighted by atomic mass is 35.5. The molecule has 0 spiro atoms. The van der Waals surface area contributed by atoms with Crippen molar-refractivity contribution in [3.8, 4) is 17.2 Å². The Hall–Kier alpha value is -2.93. The van der Waals surface area contributed by atoms with Crippen molar-refractivity contribution in [3.05, 3.63) is 53.1 Å². The van der Waals surface area contributed by atoms with Gasteiger partial charge in [-0.1, -0.05) is 11.6 Å². The minimum atomic E-state index is -0.608. The number of benzene rings is 2. The van der Waals surface area contributed by atoms with Crippen LogP contribution in [0.2, 0.25) is 5.02 Å². The highest BCUT2D eigenvalue weighted by molar-refractivity contribution is 6.30.